The lowest BCUT2D eigenvalue weighted by atomic mass is 10.0. The van der Waals surface area contributed by atoms with Gasteiger partial charge in [-0.05, 0) is 51.1 Å². The highest BCUT2D eigenvalue weighted by Gasteiger charge is 2.22. The molecule has 0 bridgehead atoms. The highest BCUT2D eigenvalue weighted by molar-refractivity contribution is 6.04. The van der Waals surface area contributed by atoms with Gasteiger partial charge in [0.05, 0.1) is 39.2 Å². The molecule has 204 valence electrons. The fourth-order valence-corrected chi connectivity index (χ4v) is 4.33. The van der Waals surface area contributed by atoms with Crippen molar-refractivity contribution in [3.63, 3.8) is 0 Å². The number of rotatable bonds is 7. The minimum Gasteiger partial charge on any atom is -0.449 e. The van der Waals surface area contributed by atoms with E-state index < -0.39 is 23.9 Å². The van der Waals surface area contributed by atoms with Crippen molar-refractivity contribution in [2.75, 3.05) is 5.32 Å². The second-order valence-corrected chi connectivity index (χ2v) is 9.80. The molecule has 0 aliphatic rings. The summed E-state index contributed by atoms with van der Waals surface area (Å²) >= 11 is 0. The Balaban J connectivity index is 1.44. The maximum atomic E-state index is 13.0. The van der Waals surface area contributed by atoms with E-state index in [1.165, 1.54) is 13.0 Å². The van der Waals surface area contributed by atoms with Crippen molar-refractivity contribution >= 4 is 34.5 Å². The van der Waals surface area contributed by atoms with Crippen LogP contribution in [0.15, 0.2) is 91.0 Å². The Hall–Kier alpha value is -5.37. The first-order chi connectivity index (χ1) is 19.7. The predicted octanol–water partition coefficient (Wildman–Crippen LogP) is 5.86. The maximum absolute atomic E-state index is 13.0. The zero-order chi connectivity index (χ0) is 29.1. The molecule has 8 nitrogen and oxygen atoms in total. The SMILES string of the molecule is Cc1ccc(-c2nc3ccc(C(=O)OC(C)C(=O)Nc4ccccc4C(N)=O)cc3nc2-c2ccc(C)cc2)cc1. The van der Waals surface area contributed by atoms with E-state index in [-0.39, 0.29) is 16.8 Å². The number of carbonyl (C=O) groups is 3. The number of para-hydroxylation sites is 1. The van der Waals surface area contributed by atoms with Gasteiger partial charge in [0.25, 0.3) is 11.8 Å². The molecule has 0 aliphatic heterocycles. The van der Waals surface area contributed by atoms with Gasteiger partial charge in [0.2, 0.25) is 0 Å². The summed E-state index contributed by atoms with van der Waals surface area (Å²) in [4.78, 5) is 47.2. The lowest BCUT2D eigenvalue weighted by Crippen LogP contribution is -2.31. The van der Waals surface area contributed by atoms with E-state index in [2.05, 4.69) is 5.32 Å². The molecule has 0 fully saturated rings. The maximum Gasteiger partial charge on any atom is 0.338 e. The van der Waals surface area contributed by atoms with E-state index in [9.17, 15) is 14.4 Å². The van der Waals surface area contributed by atoms with Gasteiger partial charge in [-0.15, -0.1) is 0 Å². The standard InChI is InChI=1S/C33H28N4O4/c1-19-8-12-22(13-9-19)29-30(23-14-10-20(2)11-15-23)36-28-18-24(16-17-27(28)35-29)33(40)41-21(3)32(39)37-26-7-5-4-6-25(26)31(34)38/h4-18,21H,1-3H3,(H2,34,38)(H,37,39). The van der Waals surface area contributed by atoms with Gasteiger partial charge in [-0.3, -0.25) is 9.59 Å². The van der Waals surface area contributed by atoms with Gasteiger partial charge >= 0.3 is 5.97 Å². The quantitative estimate of drug-likeness (QED) is 0.247. The van der Waals surface area contributed by atoms with Crippen LogP contribution in [0.3, 0.4) is 0 Å². The molecule has 0 saturated carbocycles. The monoisotopic (exact) mass is 544 g/mol. The van der Waals surface area contributed by atoms with Crippen molar-refractivity contribution < 1.29 is 19.1 Å². The third-order valence-corrected chi connectivity index (χ3v) is 6.65. The lowest BCUT2D eigenvalue weighted by Gasteiger charge is -2.15. The van der Waals surface area contributed by atoms with E-state index in [1.807, 2.05) is 62.4 Å². The number of fused-ring (bicyclic) bond motifs is 1. The van der Waals surface area contributed by atoms with Crippen molar-refractivity contribution in [3.8, 4) is 22.5 Å². The van der Waals surface area contributed by atoms with E-state index in [1.54, 1.807) is 36.4 Å². The summed E-state index contributed by atoms with van der Waals surface area (Å²) in [5.74, 6) is -1.98. The molecule has 1 unspecified atom stereocenters. The molecular formula is C33H28N4O4. The summed E-state index contributed by atoms with van der Waals surface area (Å²) in [7, 11) is 0. The molecule has 0 radical (unpaired) electrons. The van der Waals surface area contributed by atoms with Gasteiger partial charge < -0.3 is 15.8 Å². The van der Waals surface area contributed by atoms with Crippen molar-refractivity contribution in [2.45, 2.75) is 26.9 Å². The number of esters is 1. The van der Waals surface area contributed by atoms with Crippen LogP contribution in [0.5, 0.6) is 0 Å². The Morgan fingerprint density at radius 1 is 0.756 bits per heavy atom. The Bertz CT molecular complexity index is 1780. The van der Waals surface area contributed by atoms with Crippen LogP contribution in [0.1, 0.15) is 38.8 Å². The summed E-state index contributed by atoms with van der Waals surface area (Å²) in [5.41, 5.74) is 12.6. The van der Waals surface area contributed by atoms with Crippen LogP contribution in [0, 0.1) is 13.8 Å². The highest BCUT2D eigenvalue weighted by atomic mass is 16.5. The van der Waals surface area contributed by atoms with Crippen LogP contribution in [-0.2, 0) is 9.53 Å². The number of aryl methyl sites for hydroxylation is 2. The average molecular weight is 545 g/mol. The Morgan fingerprint density at radius 3 is 1.90 bits per heavy atom. The molecule has 0 spiro atoms. The molecule has 4 aromatic carbocycles. The normalized spacial score (nSPS) is 11.6. The summed E-state index contributed by atoms with van der Waals surface area (Å²) < 4.78 is 5.44. The van der Waals surface area contributed by atoms with Crippen molar-refractivity contribution in [3.05, 3.63) is 113 Å². The zero-order valence-electron chi connectivity index (χ0n) is 22.8. The number of hydrogen-bond donors (Lipinski definition) is 2. The first-order valence-corrected chi connectivity index (χ1v) is 13.1. The number of primary amides is 1. The third-order valence-electron chi connectivity index (χ3n) is 6.65. The number of nitrogens with zero attached hydrogens (tertiary/aromatic N) is 2. The number of hydrogen-bond acceptors (Lipinski definition) is 6. The van der Waals surface area contributed by atoms with Crippen LogP contribution < -0.4 is 11.1 Å². The van der Waals surface area contributed by atoms with Gasteiger partial charge in [-0.2, -0.15) is 0 Å². The Morgan fingerprint density at radius 2 is 1.32 bits per heavy atom. The van der Waals surface area contributed by atoms with Crippen LogP contribution in [0.2, 0.25) is 0 Å². The highest BCUT2D eigenvalue weighted by Crippen LogP contribution is 2.31. The number of carbonyl (C=O) groups excluding carboxylic acids is 3. The second-order valence-electron chi connectivity index (χ2n) is 9.80. The van der Waals surface area contributed by atoms with Crippen LogP contribution in [0.4, 0.5) is 5.69 Å². The summed E-state index contributed by atoms with van der Waals surface area (Å²) in [6.07, 6.45) is -1.14. The summed E-state index contributed by atoms with van der Waals surface area (Å²) in [5, 5.41) is 2.59. The Labute approximate surface area is 237 Å². The van der Waals surface area contributed by atoms with Crippen molar-refractivity contribution in [2.24, 2.45) is 5.73 Å². The zero-order valence-corrected chi connectivity index (χ0v) is 22.8. The van der Waals surface area contributed by atoms with Crippen molar-refractivity contribution in [1.29, 1.82) is 0 Å². The van der Waals surface area contributed by atoms with Crippen LogP contribution >= 0.6 is 0 Å². The smallest absolute Gasteiger partial charge is 0.338 e. The van der Waals surface area contributed by atoms with Crippen LogP contribution in [-0.4, -0.2) is 33.9 Å². The number of anilines is 1. The molecule has 5 rings (SSSR count). The average Bonchev–Trinajstić information content (AvgIpc) is 2.97. The minimum atomic E-state index is -1.14. The third kappa shape index (κ3) is 5.96. The number of aromatic nitrogens is 2. The molecule has 1 atom stereocenters. The molecule has 1 aromatic heterocycles. The number of amides is 2. The fraction of sp³-hybridized carbons (Fsp3) is 0.121. The number of nitrogens with two attached hydrogens (primary N) is 1. The predicted molar refractivity (Wildman–Crippen MR) is 158 cm³/mol. The molecule has 8 heteroatoms. The topological polar surface area (TPSA) is 124 Å². The summed E-state index contributed by atoms with van der Waals surface area (Å²) in [6, 6.07) is 27.4. The summed E-state index contributed by atoms with van der Waals surface area (Å²) in [6.45, 7) is 5.50. The van der Waals surface area contributed by atoms with E-state index >= 15 is 0 Å². The molecule has 3 N–H and O–H groups in total. The molecular weight excluding hydrogens is 516 g/mol. The largest absolute Gasteiger partial charge is 0.449 e. The van der Waals surface area contributed by atoms with Gasteiger partial charge in [-0.25, -0.2) is 14.8 Å². The number of benzene rings is 4. The molecule has 0 aliphatic carbocycles. The fourth-order valence-electron chi connectivity index (χ4n) is 4.33. The second kappa shape index (κ2) is 11.4. The lowest BCUT2D eigenvalue weighted by molar-refractivity contribution is -0.123. The minimum absolute atomic E-state index is 0.155. The molecule has 41 heavy (non-hydrogen) atoms. The molecule has 2 amide bonds. The van der Waals surface area contributed by atoms with Crippen molar-refractivity contribution in [1.82, 2.24) is 9.97 Å². The molecule has 0 saturated heterocycles. The Kier molecular flexibility index (Phi) is 7.56. The van der Waals surface area contributed by atoms with E-state index in [0.717, 1.165) is 27.9 Å². The molecule has 5 aromatic rings. The van der Waals surface area contributed by atoms with Crippen LogP contribution in [0.25, 0.3) is 33.5 Å². The first kappa shape index (κ1) is 27.2. The van der Waals surface area contributed by atoms with Gasteiger partial charge in [0.1, 0.15) is 0 Å². The van der Waals surface area contributed by atoms with Gasteiger partial charge in [0.15, 0.2) is 6.10 Å². The first-order valence-electron chi connectivity index (χ1n) is 13.1. The van der Waals surface area contributed by atoms with Gasteiger partial charge in [0, 0.05) is 11.1 Å². The van der Waals surface area contributed by atoms with E-state index in [4.69, 9.17) is 20.4 Å². The number of nitrogens with one attached hydrogen (secondary N) is 1. The molecule has 1 heterocycles. The number of ether oxygens (including phenoxy) is 1. The van der Waals surface area contributed by atoms with E-state index in [0.29, 0.717) is 16.7 Å². The van der Waals surface area contributed by atoms with Gasteiger partial charge in [-0.1, -0.05) is 71.8 Å².